The van der Waals surface area contributed by atoms with Gasteiger partial charge in [-0.2, -0.15) is 0 Å². The molecule has 0 fully saturated rings. The lowest BCUT2D eigenvalue weighted by Crippen LogP contribution is -2.45. The molecule has 0 saturated heterocycles. The highest BCUT2D eigenvalue weighted by Gasteiger charge is 2.32. The number of benzene rings is 5. The third-order valence-corrected chi connectivity index (χ3v) is 9.34. The molecule has 0 radical (unpaired) electrons. The van der Waals surface area contributed by atoms with Crippen molar-refractivity contribution in [3.8, 4) is 17.2 Å². The van der Waals surface area contributed by atoms with Gasteiger partial charge in [-0.1, -0.05) is 66.7 Å². The molecule has 0 heterocycles. The fourth-order valence-electron chi connectivity index (χ4n) is 5.35. The van der Waals surface area contributed by atoms with Crippen molar-refractivity contribution in [2.45, 2.75) is 23.9 Å². The van der Waals surface area contributed by atoms with Crippen molar-refractivity contribution in [1.29, 1.82) is 0 Å². The number of nitrogens with zero attached hydrogens (tertiary/aromatic N) is 1. The van der Waals surface area contributed by atoms with E-state index in [0.717, 1.165) is 23.3 Å². The summed E-state index contributed by atoms with van der Waals surface area (Å²) < 4.78 is 57.9. The minimum atomic E-state index is -3.97. The van der Waals surface area contributed by atoms with Crippen molar-refractivity contribution in [2.24, 2.45) is 0 Å². The molecule has 0 aromatic heterocycles. The molecule has 2 N–H and O–H groups in total. The van der Waals surface area contributed by atoms with E-state index in [0.29, 0.717) is 30.0 Å². The molecular formula is C39H38FN3O7S. The van der Waals surface area contributed by atoms with E-state index in [1.54, 1.807) is 32.4 Å². The van der Waals surface area contributed by atoms with Crippen LogP contribution in [0.15, 0.2) is 132 Å². The number of carbonyl (C=O) groups excluding carboxylic acids is 2. The van der Waals surface area contributed by atoms with Crippen LogP contribution in [0.2, 0.25) is 0 Å². The minimum Gasteiger partial charge on any atom is -0.493 e. The predicted molar refractivity (Wildman–Crippen MR) is 192 cm³/mol. The number of sulfonamides is 1. The maximum absolute atomic E-state index is 14.0. The largest absolute Gasteiger partial charge is 0.493 e. The zero-order chi connectivity index (χ0) is 36.2. The summed E-state index contributed by atoms with van der Waals surface area (Å²) in [5.41, 5.74) is 2.57. The standard InChI is InChI=1S/C39H38FN3O7S/c1-48-35-22-13-28(25-36(35)49-2)23-24-41-39(45)38(30-11-7-4-8-12-30)43(26-29-9-5-3-6-10-29)37(44)27-50-33-18-20-34(21-19-33)51(46,47)42-32-16-14-31(40)15-17-32/h3-22,25,38,42H,23-24,26-27H2,1-2H3,(H,41,45)/t38-/m1/s1. The Bertz CT molecular complexity index is 2010. The van der Waals surface area contributed by atoms with Crippen LogP contribution in [0.4, 0.5) is 10.1 Å². The van der Waals surface area contributed by atoms with Gasteiger partial charge in [-0.15, -0.1) is 0 Å². The van der Waals surface area contributed by atoms with Gasteiger partial charge in [-0.05, 0) is 83.8 Å². The van der Waals surface area contributed by atoms with E-state index in [9.17, 15) is 22.4 Å². The SMILES string of the molecule is COc1ccc(CCNC(=O)[C@@H](c2ccccc2)N(Cc2ccccc2)C(=O)COc2ccc(S(=O)(=O)Nc3ccc(F)cc3)cc2)cc1OC. The first-order valence-electron chi connectivity index (χ1n) is 16.0. The van der Waals surface area contributed by atoms with E-state index in [4.69, 9.17) is 14.2 Å². The van der Waals surface area contributed by atoms with E-state index in [1.165, 1.54) is 41.3 Å². The van der Waals surface area contributed by atoms with Crippen molar-refractivity contribution in [2.75, 3.05) is 32.1 Å². The highest BCUT2D eigenvalue weighted by atomic mass is 32.2. The number of hydrogen-bond acceptors (Lipinski definition) is 7. The van der Waals surface area contributed by atoms with Gasteiger partial charge in [0.2, 0.25) is 5.91 Å². The van der Waals surface area contributed by atoms with Crippen LogP contribution >= 0.6 is 0 Å². The Labute approximate surface area is 296 Å². The van der Waals surface area contributed by atoms with Crippen molar-refractivity contribution in [3.63, 3.8) is 0 Å². The lowest BCUT2D eigenvalue weighted by Gasteiger charge is -2.31. The average molecular weight is 712 g/mol. The van der Waals surface area contributed by atoms with E-state index in [2.05, 4.69) is 10.0 Å². The molecule has 0 unspecified atom stereocenters. The van der Waals surface area contributed by atoms with Gasteiger partial charge in [0.15, 0.2) is 18.1 Å². The van der Waals surface area contributed by atoms with Gasteiger partial charge in [0, 0.05) is 18.8 Å². The third-order valence-electron chi connectivity index (χ3n) is 7.95. The number of amides is 2. The Morgan fingerprint density at radius 3 is 2.06 bits per heavy atom. The number of rotatable bonds is 16. The lowest BCUT2D eigenvalue weighted by atomic mass is 10.0. The summed E-state index contributed by atoms with van der Waals surface area (Å²) in [4.78, 5) is 29.4. The molecule has 0 aliphatic carbocycles. The first-order valence-corrected chi connectivity index (χ1v) is 17.5. The molecule has 5 aromatic carbocycles. The number of anilines is 1. The Balaban J connectivity index is 1.32. The summed E-state index contributed by atoms with van der Waals surface area (Å²) in [5.74, 6) is 0.122. The lowest BCUT2D eigenvalue weighted by molar-refractivity contribution is -0.143. The topological polar surface area (TPSA) is 123 Å². The second kappa shape index (κ2) is 17.2. The van der Waals surface area contributed by atoms with Crippen LogP contribution < -0.4 is 24.2 Å². The fourth-order valence-corrected chi connectivity index (χ4v) is 6.41. The molecule has 5 aromatic rings. The Morgan fingerprint density at radius 1 is 0.765 bits per heavy atom. The van der Waals surface area contributed by atoms with Crippen LogP contribution in [0.5, 0.6) is 17.2 Å². The zero-order valence-corrected chi connectivity index (χ0v) is 28.9. The van der Waals surface area contributed by atoms with Crippen LogP contribution in [-0.2, 0) is 32.6 Å². The van der Waals surface area contributed by atoms with Gasteiger partial charge >= 0.3 is 0 Å². The smallest absolute Gasteiger partial charge is 0.261 e. The summed E-state index contributed by atoms with van der Waals surface area (Å²) in [7, 11) is -0.841. The van der Waals surface area contributed by atoms with Gasteiger partial charge in [-0.25, -0.2) is 12.8 Å². The second-order valence-electron chi connectivity index (χ2n) is 11.4. The van der Waals surface area contributed by atoms with Gasteiger partial charge in [0.1, 0.15) is 17.6 Å². The maximum atomic E-state index is 14.0. The van der Waals surface area contributed by atoms with Crippen LogP contribution in [0.25, 0.3) is 0 Å². The monoisotopic (exact) mass is 711 g/mol. The molecule has 0 aliphatic rings. The van der Waals surface area contributed by atoms with E-state index >= 15 is 0 Å². The number of ether oxygens (including phenoxy) is 3. The van der Waals surface area contributed by atoms with Crippen molar-refractivity contribution in [3.05, 3.63) is 150 Å². The van der Waals surface area contributed by atoms with E-state index < -0.39 is 34.4 Å². The Hall–Kier alpha value is -5.88. The predicted octanol–water partition coefficient (Wildman–Crippen LogP) is 6.15. The van der Waals surface area contributed by atoms with Crippen LogP contribution in [-0.4, -0.2) is 52.5 Å². The molecular weight excluding hydrogens is 674 g/mol. The summed E-state index contributed by atoms with van der Waals surface area (Å²) in [6.45, 7) is -0.000261. The summed E-state index contributed by atoms with van der Waals surface area (Å²) in [5, 5.41) is 3.00. The first-order chi connectivity index (χ1) is 24.7. The summed E-state index contributed by atoms with van der Waals surface area (Å²) in [6, 6.07) is 33.4. The number of carbonyl (C=O) groups is 2. The van der Waals surface area contributed by atoms with Gasteiger partial charge < -0.3 is 24.4 Å². The van der Waals surface area contributed by atoms with E-state index in [1.807, 2.05) is 60.7 Å². The molecule has 1 atom stereocenters. The van der Waals surface area contributed by atoms with Gasteiger partial charge in [0.25, 0.3) is 15.9 Å². The summed E-state index contributed by atoms with van der Waals surface area (Å²) >= 11 is 0. The number of halogens is 1. The molecule has 2 amide bonds. The van der Waals surface area contributed by atoms with Crippen molar-refractivity contribution >= 4 is 27.5 Å². The van der Waals surface area contributed by atoms with E-state index in [-0.39, 0.29) is 28.8 Å². The van der Waals surface area contributed by atoms with Crippen molar-refractivity contribution < 1.29 is 36.6 Å². The average Bonchev–Trinajstić information content (AvgIpc) is 3.15. The molecule has 0 spiro atoms. The van der Waals surface area contributed by atoms with Gasteiger partial charge in [-0.3, -0.25) is 14.3 Å². The van der Waals surface area contributed by atoms with Crippen molar-refractivity contribution in [1.82, 2.24) is 10.2 Å². The zero-order valence-electron chi connectivity index (χ0n) is 28.1. The Morgan fingerprint density at radius 2 is 1.41 bits per heavy atom. The van der Waals surface area contributed by atoms with Crippen LogP contribution in [0, 0.1) is 5.82 Å². The highest BCUT2D eigenvalue weighted by Crippen LogP contribution is 2.28. The number of nitrogens with one attached hydrogen (secondary N) is 2. The molecule has 51 heavy (non-hydrogen) atoms. The van der Waals surface area contributed by atoms with Crippen LogP contribution in [0.3, 0.4) is 0 Å². The quantitative estimate of drug-likeness (QED) is 0.126. The maximum Gasteiger partial charge on any atom is 0.261 e. The molecule has 0 aliphatic heterocycles. The molecule has 10 nitrogen and oxygen atoms in total. The molecule has 0 bridgehead atoms. The molecule has 5 rings (SSSR count). The van der Waals surface area contributed by atoms with Crippen LogP contribution in [0.1, 0.15) is 22.7 Å². The fraction of sp³-hybridized carbons (Fsp3) is 0.179. The first kappa shape index (κ1) is 36.4. The molecule has 0 saturated carbocycles. The van der Waals surface area contributed by atoms with Gasteiger partial charge in [0.05, 0.1) is 19.1 Å². The molecule has 264 valence electrons. The highest BCUT2D eigenvalue weighted by molar-refractivity contribution is 7.92. The molecule has 12 heteroatoms. The number of methoxy groups -OCH3 is 2. The second-order valence-corrected chi connectivity index (χ2v) is 13.1. The normalized spacial score (nSPS) is 11.6. The number of hydrogen-bond donors (Lipinski definition) is 2. The summed E-state index contributed by atoms with van der Waals surface area (Å²) in [6.07, 6.45) is 0.508. The third kappa shape index (κ3) is 9.86. The Kier molecular flexibility index (Phi) is 12.3. The minimum absolute atomic E-state index is 0.0508.